The number of nitrogens with zero attached hydrogens (tertiary/aromatic N) is 3. The van der Waals surface area contributed by atoms with Crippen LogP contribution in [0.15, 0.2) is 21.8 Å². The van der Waals surface area contributed by atoms with E-state index in [0.29, 0.717) is 12.6 Å². The predicted molar refractivity (Wildman–Crippen MR) is 99.7 cm³/mol. The standard InChI is InChI=1S/C17H29N5OS/c1-3-18-16(20-13-17(2,23)14-4-9-24-12-14)19-10-15-11-21-5-7-22(15)8-6-21/h4,9,12,15,23H,3,5-8,10-11,13H2,1-2H3,(H2,18,19,20). The Labute approximate surface area is 148 Å². The van der Waals surface area contributed by atoms with Crippen LogP contribution in [0.25, 0.3) is 0 Å². The van der Waals surface area contributed by atoms with Gasteiger partial charge in [-0.3, -0.25) is 9.80 Å². The average Bonchev–Trinajstić information content (AvgIpc) is 3.14. The lowest BCUT2D eigenvalue weighted by atomic mass is 10.00. The van der Waals surface area contributed by atoms with Gasteiger partial charge in [0, 0.05) is 51.9 Å². The van der Waals surface area contributed by atoms with Gasteiger partial charge in [-0.05, 0) is 36.2 Å². The number of rotatable bonds is 6. The molecule has 2 unspecified atom stereocenters. The van der Waals surface area contributed by atoms with Crippen molar-refractivity contribution in [2.24, 2.45) is 4.99 Å². The van der Waals surface area contributed by atoms with Crippen LogP contribution in [-0.2, 0) is 5.60 Å². The van der Waals surface area contributed by atoms with Crippen molar-refractivity contribution in [2.75, 3.05) is 52.4 Å². The summed E-state index contributed by atoms with van der Waals surface area (Å²) < 4.78 is 0. The summed E-state index contributed by atoms with van der Waals surface area (Å²) in [5.41, 5.74) is -0.00262. The van der Waals surface area contributed by atoms with Crippen molar-refractivity contribution in [2.45, 2.75) is 25.5 Å². The fourth-order valence-electron chi connectivity index (χ4n) is 3.37. The number of piperazine rings is 3. The molecular weight excluding hydrogens is 322 g/mol. The zero-order valence-corrected chi connectivity index (χ0v) is 15.5. The van der Waals surface area contributed by atoms with E-state index in [1.54, 1.807) is 11.3 Å². The number of aliphatic hydroxyl groups is 1. The predicted octanol–water partition coefficient (Wildman–Crippen LogP) is 0.511. The molecule has 0 saturated carbocycles. The van der Waals surface area contributed by atoms with E-state index in [4.69, 9.17) is 0 Å². The summed E-state index contributed by atoms with van der Waals surface area (Å²) in [6.45, 7) is 11.8. The van der Waals surface area contributed by atoms with Gasteiger partial charge in [0.2, 0.25) is 0 Å². The highest BCUT2D eigenvalue weighted by Crippen LogP contribution is 2.23. The zero-order valence-electron chi connectivity index (χ0n) is 14.7. The van der Waals surface area contributed by atoms with Crippen molar-refractivity contribution >= 4 is 17.3 Å². The Morgan fingerprint density at radius 3 is 2.75 bits per heavy atom. The molecule has 2 atom stereocenters. The SMILES string of the molecule is CCNC(=NCC(C)(O)c1ccsc1)NCC1CN2CCN1CC2. The Morgan fingerprint density at radius 1 is 1.38 bits per heavy atom. The van der Waals surface area contributed by atoms with Crippen LogP contribution in [-0.4, -0.2) is 79.3 Å². The number of fused-ring (bicyclic) bond motifs is 3. The molecule has 1 aromatic heterocycles. The number of hydrogen-bond acceptors (Lipinski definition) is 5. The third-order valence-corrected chi connectivity index (χ3v) is 5.61. The Morgan fingerprint density at radius 2 is 2.17 bits per heavy atom. The number of aliphatic imine (C=N–C) groups is 1. The van der Waals surface area contributed by atoms with Crippen molar-refractivity contribution in [3.8, 4) is 0 Å². The maximum absolute atomic E-state index is 10.6. The minimum atomic E-state index is -0.929. The lowest BCUT2D eigenvalue weighted by Crippen LogP contribution is -2.63. The number of guanidine groups is 1. The lowest BCUT2D eigenvalue weighted by Gasteiger charge is -2.47. The minimum Gasteiger partial charge on any atom is -0.383 e. The summed E-state index contributed by atoms with van der Waals surface area (Å²) in [7, 11) is 0. The molecule has 3 aliphatic heterocycles. The summed E-state index contributed by atoms with van der Waals surface area (Å²) in [6, 6.07) is 2.51. The van der Waals surface area contributed by atoms with E-state index in [2.05, 4.69) is 32.3 Å². The number of nitrogens with one attached hydrogen (secondary N) is 2. The highest BCUT2D eigenvalue weighted by atomic mass is 32.1. The summed E-state index contributed by atoms with van der Waals surface area (Å²) in [6.07, 6.45) is 0. The van der Waals surface area contributed by atoms with Gasteiger partial charge in [-0.1, -0.05) is 0 Å². The van der Waals surface area contributed by atoms with Crippen molar-refractivity contribution < 1.29 is 5.11 Å². The van der Waals surface area contributed by atoms with Crippen LogP contribution in [0, 0.1) is 0 Å². The largest absolute Gasteiger partial charge is 0.383 e. The molecule has 6 nitrogen and oxygen atoms in total. The van der Waals surface area contributed by atoms with Gasteiger partial charge < -0.3 is 15.7 Å². The topological polar surface area (TPSA) is 63.1 Å². The molecule has 0 radical (unpaired) electrons. The molecule has 134 valence electrons. The Bertz CT molecular complexity index is 537. The van der Waals surface area contributed by atoms with Gasteiger partial charge in [0.05, 0.1) is 6.54 Å². The summed E-state index contributed by atoms with van der Waals surface area (Å²) in [5.74, 6) is 0.783. The second-order valence-corrected chi connectivity index (χ2v) is 7.63. The lowest BCUT2D eigenvalue weighted by molar-refractivity contribution is 0.0154. The fraction of sp³-hybridized carbons (Fsp3) is 0.706. The highest BCUT2D eigenvalue weighted by molar-refractivity contribution is 7.08. The van der Waals surface area contributed by atoms with Gasteiger partial charge in [-0.2, -0.15) is 11.3 Å². The second kappa shape index (κ2) is 7.82. The van der Waals surface area contributed by atoms with Crippen LogP contribution in [0.2, 0.25) is 0 Å². The molecule has 2 bridgehead atoms. The molecule has 3 saturated heterocycles. The summed E-state index contributed by atoms with van der Waals surface area (Å²) in [5, 5.41) is 21.3. The van der Waals surface area contributed by atoms with Gasteiger partial charge in [0.1, 0.15) is 5.60 Å². The van der Waals surface area contributed by atoms with E-state index >= 15 is 0 Å². The molecule has 3 aliphatic rings. The van der Waals surface area contributed by atoms with Crippen LogP contribution >= 0.6 is 11.3 Å². The smallest absolute Gasteiger partial charge is 0.191 e. The Hall–Kier alpha value is -1.15. The van der Waals surface area contributed by atoms with Crippen LogP contribution in [0.3, 0.4) is 0 Å². The molecule has 4 heterocycles. The van der Waals surface area contributed by atoms with E-state index in [1.165, 1.54) is 26.2 Å². The zero-order chi connectivity index (χ0) is 17.0. The summed E-state index contributed by atoms with van der Waals surface area (Å²) >= 11 is 1.60. The van der Waals surface area contributed by atoms with Crippen molar-refractivity contribution in [1.29, 1.82) is 0 Å². The first kappa shape index (κ1) is 17.7. The quantitative estimate of drug-likeness (QED) is 0.515. The van der Waals surface area contributed by atoms with Crippen molar-refractivity contribution in [3.63, 3.8) is 0 Å². The maximum Gasteiger partial charge on any atom is 0.191 e. The molecule has 3 fully saturated rings. The molecule has 0 spiro atoms. The number of thiophene rings is 1. The minimum absolute atomic E-state index is 0.347. The third-order valence-electron chi connectivity index (χ3n) is 4.93. The fourth-order valence-corrected chi connectivity index (χ4v) is 4.15. The van der Waals surface area contributed by atoms with Gasteiger partial charge in [0.15, 0.2) is 5.96 Å². The number of hydrogen-bond donors (Lipinski definition) is 3. The van der Waals surface area contributed by atoms with E-state index in [1.807, 2.05) is 23.8 Å². The van der Waals surface area contributed by atoms with E-state index in [-0.39, 0.29) is 0 Å². The first-order valence-corrected chi connectivity index (χ1v) is 9.76. The molecule has 24 heavy (non-hydrogen) atoms. The van der Waals surface area contributed by atoms with Gasteiger partial charge in [0.25, 0.3) is 0 Å². The Balaban J connectivity index is 1.56. The summed E-state index contributed by atoms with van der Waals surface area (Å²) in [4.78, 5) is 9.71. The highest BCUT2D eigenvalue weighted by Gasteiger charge is 2.31. The van der Waals surface area contributed by atoms with Crippen molar-refractivity contribution in [3.05, 3.63) is 22.4 Å². The monoisotopic (exact) mass is 351 g/mol. The van der Waals surface area contributed by atoms with E-state index in [0.717, 1.165) is 31.2 Å². The molecule has 3 N–H and O–H groups in total. The van der Waals surface area contributed by atoms with Crippen LogP contribution in [0.1, 0.15) is 19.4 Å². The van der Waals surface area contributed by atoms with E-state index in [9.17, 15) is 5.11 Å². The van der Waals surface area contributed by atoms with Crippen LogP contribution in [0.4, 0.5) is 0 Å². The molecule has 4 rings (SSSR count). The van der Waals surface area contributed by atoms with Crippen LogP contribution < -0.4 is 10.6 Å². The second-order valence-electron chi connectivity index (χ2n) is 6.85. The van der Waals surface area contributed by atoms with Gasteiger partial charge in [-0.25, -0.2) is 4.99 Å². The average molecular weight is 352 g/mol. The Kier molecular flexibility index (Phi) is 5.76. The van der Waals surface area contributed by atoms with Gasteiger partial charge in [-0.15, -0.1) is 0 Å². The molecular formula is C17H29N5OS. The third kappa shape index (κ3) is 4.27. The molecule has 1 aromatic rings. The molecule has 0 amide bonds. The first-order chi connectivity index (χ1) is 11.6. The maximum atomic E-state index is 10.6. The first-order valence-electron chi connectivity index (χ1n) is 8.82. The van der Waals surface area contributed by atoms with Crippen molar-refractivity contribution in [1.82, 2.24) is 20.4 Å². The molecule has 0 aliphatic carbocycles. The van der Waals surface area contributed by atoms with E-state index < -0.39 is 5.60 Å². The normalized spacial score (nSPS) is 29.3. The molecule has 7 heteroatoms. The van der Waals surface area contributed by atoms with Gasteiger partial charge >= 0.3 is 0 Å². The molecule has 0 aromatic carbocycles. The van der Waals surface area contributed by atoms with Crippen LogP contribution in [0.5, 0.6) is 0 Å².